The van der Waals surface area contributed by atoms with Crippen molar-refractivity contribution in [3.8, 4) is 5.75 Å². The van der Waals surface area contributed by atoms with Crippen LogP contribution in [-0.2, 0) is 0 Å². The van der Waals surface area contributed by atoms with E-state index < -0.39 is 0 Å². The van der Waals surface area contributed by atoms with Gasteiger partial charge in [0, 0.05) is 11.4 Å². The van der Waals surface area contributed by atoms with Gasteiger partial charge in [-0.2, -0.15) is 0 Å². The summed E-state index contributed by atoms with van der Waals surface area (Å²) in [6.07, 6.45) is 4.58. The molecule has 0 radical (unpaired) electrons. The number of para-hydroxylation sites is 1. The number of nitrogens with zero attached hydrogens (tertiary/aromatic N) is 2. The maximum absolute atomic E-state index is 13.1. The average molecular weight is 328 g/mol. The molecule has 4 rings (SSSR count). The maximum atomic E-state index is 13.1. The Balaban J connectivity index is 1.61. The number of carbonyl (C=O) groups is 1. The van der Waals surface area contributed by atoms with Crippen molar-refractivity contribution in [1.82, 2.24) is 4.98 Å². The molecule has 1 heterocycles. The van der Waals surface area contributed by atoms with Crippen molar-refractivity contribution in [2.24, 2.45) is 5.92 Å². The highest BCUT2D eigenvalue weighted by Gasteiger charge is 2.37. The second kappa shape index (κ2) is 5.96. The topological polar surface area (TPSA) is 42.4 Å². The van der Waals surface area contributed by atoms with Gasteiger partial charge in [-0.3, -0.25) is 9.69 Å². The molecule has 2 aliphatic carbocycles. The first kappa shape index (κ1) is 14.7. The van der Waals surface area contributed by atoms with E-state index >= 15 is 0 Å². The van der Waals surface area contributed by atoms with E-state index in [1.807, 2.05) is 41.5 Å². The summed E-state index contributed by atoms with van der Waals surface area (Å²) in [5.41, 5.74) is 1.61. The van der Waals surface area contributed by atoms with E-state index in [0.717, 1.165) is 23.7 Å². The monoisotopic (exact) mass is 328 g/mol. The summed E-state index contributed by atoms with van der Waals surface area (Å²) < 4.78 is 5.91. The van der Waals surface area contributed by atoms with E-state index in [9.17, 15) is 4.79 Å². The van der Waals surface area contributed by atoms with Crippen LogP contribution < -0.4 is 9.64 Å². The van der Waals surface area contributed by atoms with Crippen molar-refractivity contribution in [2.75, 3.05) is 11.5 Å². The van der Waals surface area contributed by atoms with Crippen molar-refractivity contribution in [2.45, 2.75) is 38.6 Å². The van der Waals surface area contributed by atoms with Crippen LogP contribution in [0.15, 0.2) is 29.6 Å². The van der Waals surface area contributed by atoms with Gasteiger partial charge in [-0.1, -0.05) is 12.1 Å². The number of anilines is 1. The largest absolute Gasteiger partial charge is 0.492 e. The zero-order chi connectivity index (χ0) is 15.8. The van der Waals surface area contributed by atoms with E-state index in [1.54, 1.807) is 0 Å². The first-order chi connectivity index (χ1) is 11.2. The number of amides is 1. The molecule has 0 unspecified atom stereocenters. The van der Waals surface area contributed by atoms with Crippen LogP contribution in [0, 0.1) is 12.8 Å². The molecule has 1 aromatic carbocycles. The molecule has 1 aromatic heterocycles. The van der Waals surface area contributed by atoms with Gasteiger partial charge in [-0.25, -0.2) is 4.98 Å². The predicted molar refractivity (Wildman–Crippen MR) is 91.3 cm³/mol. The first-order valence-corrected chi connectivity index (χ1v) is 9.08. The summed E-state index contributed by atoms with van der Waals surface area (Å²) in [6, 6.07) is 7.86. The standard InChI is InChI=1S/C18H20N2O2S/c1-12-11-23-18(19-12)20(14-8-9-14)17(21)15-4-2-3-5-16(15)22-10-13-6-7-13/h2-5,11,13-14H,6-10H2,1H3. The summed E-state index contributed by atoms with van der Waals surface area (Å²) >= 11 is 1.54. The summed E-state index contributed by atoms with van der Waals surface area (Å²) in [4.78, 5) is 19.5. The normalized spacial score (nSPS) is 17.1. The molecule has 4 nitrogen and oxygen atoms in total. The number of thiazole rings is 1. The molecule has 2 aromatic rings. The van der Waals surface area contributed by atoms with Gasteiger partial charge in [0.05, 0.1) is 17.9 Å². The molecular weight excluding hydrogens is 308 g/mol. The molecule has 0 bridgehead atoms. The number of aryl methyl sites for hydroxylation is 1. The molecular formula is C18H20N2O2S. The van der Waals surface area contributed by atoms with Crippen LogP contribution in [0.2, 0.25) is 0 Å². The lowest BCUT2D eigenvalue weighted by Gasteiger charge is -2.21. The van der Waals surface area contributed by atoms with Crippen molar-refractivity contribution < 1.29 is 9.53 Å². The van der Waals surface area contributed by atoms with E-state index in [2.05, 4.69) is 4.98 Å². The van der Waals surface area contributed by atoms with Crippen LogP contribution in [-0.4, -0.2) is 23.5 Å². The molecule has 23 heavy (non-hydrogen) atoms. The Hall–Kier alpha value is -1.88. The SMILES string of the molecule is Cc1csc(N(C(=O)c2ccccc2OCC2CC2)C2CC2)n1. The lowest BCUT2D eigenvalue weighted by atomic mass is 10.1. The number of carbonyl (C=O) groups excluding carboxylic acids is 1. The van der Waals surface area contributed by atoms with E-state index in [0.29, 0.717) is 23.8 Å². The smallest absolute Gasteiger partial charge is 0.264 e. The third-order valence-electron chi connectivity index (χ3n) is 4.23. The van der Waals surface area contributed by atoms with Crippen molar-refractivity contribution in [1.29, 1.82) is 0 Å². The van der Waals surface area contributed by atoms with Gasteiger partial charge in [0.15, 0.2) is 5.13 Å². The first-order valence-electron chi connectivity index (χ1n) is 8.20. The zero-order valence-corrected chi connectivity index (χ0v) is 14.0. The Kier molecular flexibility index (Phi) is 3.81. The lowest BCUT2D eigenvalue weighted by molar-refractivity contribution is 0.0981. The van der Waals surface area contributed by atoms with Crippen LogP contribution in [0.1, 0.15) is 41.7 Å². The Morgan fingerprint density at radius 1 is 1.30 bits per heavy atom. The molecule has 0 atom stereocenters. The van der Waals surface area contributed by atoms with E-state index in [-0.39, 0.29) is 11.9 Å². The number of ether oxygens (including phenoxy) is 1. The summed E-state index contributed by atoms with van der Waals surface area (Å²) in [6.45, 7) is 2.67. The molecule has 0 N–H and O–H groups in total. The van der Waals surface area contributed by atoms with Gasteiger partial charge in [-0.15, -0.1) is 11.3 Å². The minimum Gasteiger partial charge on any atom is -0.492 e. The van der Waals surface area contributed by atoms with Crippen LogP contribution in [0.25, 0.3) is 0 Å². The van der Waals surface area contributed by atoms with Crippen molar-refractivity contribution >= 4 is 22.4 Å². The quantitative estimate of drug-likeness (QED) is 0.803. The summed E-state index contributed by atoms with van der Waals surface area (Å²) in [5.74, 6) is 1.37. The third-order valence-corrected chi connectivity index (χ3v) is 5.19. The highest BCUT2D eigenvalue weighted by molar-refractivity contribution is 7.14. The number of hydrogen-bond donors (Lipinski definition) is 0. The van der Waals surface area contributed by atoms with Crippen LogP contribution in [0.5, 0.6) is 5.75 Å². The van der Waals surface area contributed by atoms with Gasteiger partial charge in [0.1, 0.15) is 5.75 Å². The van der Waals surface area contributed by atoms with Crippen LogP contribution >= 0.6 is 11.3 Å². The fourth-order valence-electron chi connectivity index (χ4n) is 2.58. The van der Waals surface area contributed by atoms with Crippen molar-refractivity contribution in [3.05, 3.63) is 40.9 Å². The van der Waals surface area contributed by atoms with Crippen LogP contribution in [0.3, 0.4) is 0 Å². The predicted octanol–water partition coefficient (Wildman–Crippen LogP) is 4.05. The zero-order valence-electron chi connectivity index (χ0n) is 13.2. The Bertz CT molecular complexity index is 719. The Morgan fingerprint density at radius 2 is 2.09 bits per heavy atom. The van der Waals surface area contributed by atoms with E-state index in [1.165, 1.54) is 24.2 Å². The number of aromatic nitrogens is 1. The fraction of sp³-hybridized carbons (Fsp3) is 0.444. The fourth-order valence-corrected chi connectivity index (χ4v) is 3.46. The Morgan fingerprint density at radius 3 is 2.74 bits per heavy atom. The molecule has 0 aliphatic heterocycles. The molecule has 1 amide bonds. The molecule has 0 saturated heterocycles. The molecule has 2 saturated carbocycles. The molecule has 0 spiro atoms. The minimum absolute atomic E-state index is 0.00764. The van der Waals surface area contributed by atoms with Crippen LogP contribution in [0.4, 0.5) is 5.13 Å². The molecule has 2 aliphatic rings. The maximum Gasteiger partial charge on any atom is 0.264 e. The second-order valence-corrected chi connectivity index (χ2v) is 7.26. The highest BCUT2D eigenvalue weighted by Crippen LogP contribution is 2.36. The number of benzene rings is 1. The number of rotatable bonds is 6. The van der Waals surface area contributed by atoms with Gasteiger partial charge in [0.25, 0.3) is 5.91 Å². The highest BCUT2D eigenvalue weighted by atomic mass is 32.1. The van der Waals surface area contributed by atoms with Gasteiger partial charge < -0.3 is 4.74 Å². The third kappa shape index (κ3) is 3.24. The lowest BCUT2D eigenvalue weighted by Crippen LogP contribution is -2.33. The molecule has 2 fully saturated rings. The van der Waals surface area contributed by atoms with Gasteiger partial charge in [-0.05, 0) is 50.7 Å². The molecule has 5 heteroatoms. The minimum atomic E-state index is 0.00764. The summed E-state index contributed by atoms with van der Waals surface area (Å²) in [7, 11) is 0. The molecule has 120 valence electrons. The number of hydrogen-bond acceptors (Lipinski definition) is 4. The van der Waals surface area contributed by atoms with E-state index in [4.69, 9.17) is 4.74 Å². The van der Waals surface area contributed by atoms with Crippen molar-refractivity contribution in [3.63, 3.8) is 0 Å². The van der Waals surface area contributed by atoms with Gasteiger partial charge >= 0.3 is 0 Å². The average Bonchev–Trinajstić information content (AvgIpc) is 3.47. The second-order valence-electron chi connectivity index (χ2n) is 6.43. The Labute approximate surface area is 140 Å². The van der Waals surface area contributed by atoms with Gasteiger partial charge in [0.2, 0.25) is 0 Å². The summed E-state index contributed by atoms with van der Waals surface area (Å²) in [5, 5.41) is 2.79.